The van der Waals surface area contributed by atoms with Gasteiger partial charge in [0.1, 0.15) is 0 Å². The van der Waals surface area contributed by atoms with Crippen molar-refractivity contribution >= 4 is 24.2 Å². The molecule has 80 valence electrons. The first kappa shape index (κ1) is 10.8. The molecular weight excluding hydrogens is 218 g/mol. The first-order valence-electron chi connectivity index (χ1n) is 4.91. The van der Waals surface area contributed by atoms with Crippen molar-refractivity contribution in [2.45, 2.75) is 4.90 Å². The molecule has 0 spiro atoms. The molecule has 0 fully saturated rings. The molecule has 0 unspecified atom stereocenters. The van der Waals surface area contributed by atoms with E-state index in [1.54, 1.807) is 12.1 Å². The fourth-order valence-electron chi connectivity index (χ4n) is 1.38. The molecule has 1 amide bonds. The van der Waals surface area contributed by atoms with Gasteiger partial charge in [-0.25, -0.2) is 0 Å². The van der Waals surface area contributed by atoms with Gasteiger partial charge >= 0.3 is 0 Å². The van der Waals surface area contributed by atoms with E-state index < -0.39 is 0 Å². The van der Waals surface area contributed by atoms with Gasteiger partial charge in [-0.2, -0.15) is 0 Å². The van der Waals surface area contributed by atoms with Crippen LogP contribution in [-0.4, -0.2) is 5.91 Å². The maximum atomic E-state index is 11.8. The van der Waals surface area contributed by atoms with E-state index in [9.17, 15) is 4.79 Å². The Bertz CT molecular complexity index is 496. The summed E-state index contributed by atoms with van der Waals surface area (Å²) in [7, 11) is 0. The van der Waals surface area contributed by atoms with Crippen LogP contribution in [0, 0.1) is 0 Å². The fourth-order valence-corrected chi connectivity index (χ4v) is 1.60. The molecule has 0 aromatic heterocycles. The maximum Gasteiger partial charge on any atom is 0.255 e. The van der Waals surface area contributed by atoms with E-state index in [1.165, 1.54) is 0 Å². The van der Waals surface area contributed by atoms with Gasteiger partial charge in [-0.1, -0.05) is 24.3 Å². The first-order valence-corrected chi connectivity index (χ1v) is 5.36. The highest BCUT2D eigenvalue weighted by Crippen LogP contribution is 2.14. The molecule has 0 bridgehead atoms. The third-order valence-electron chi connectivity index (χ3n) is 2.14. The summed E-state index contributed by atoms with van der Waals surface area (Å²) in [6.07, 6.45) is 0. The number of nitrogens with one attached hydrogen (secondary N) is 1. The molecule has 2 nitrogen and oxygen atoms in total. The topological polar surface area (TPSA) is 29.1 Å². The predicted octanol–water partition coefficient (Wildman–Crippen LogP) is 3.23. The summed E-state index contributed by atoms with van der Waals surface area (Å²) in [5.74, 6) is -0.112. The lowest BCUT2D eigenvalue weighted by Crippen LogP contribution is -2.11. The zero-order valence-electron chi connectivity index (χ0n) is 8.55. The van der Waals surface area contributed by atoms with E-state index in [-0.39, 0.29) is 5.91 Å². The number of rotatable bonds is 2. The Labute approximate surface area is 99.7 Å². The summed E-state index contributed by atoms with van der Waals surface area (Å²) in [5.41, 5.74) is 1.40. The van der Waals surface area contributed by atoms with Crippen LogP contribution in [-0.2, 0) is 0 Å². The number of thiol groups is 1. The van der Waals surface area contributed by atoms with Crippen molar-refractivity contribution in [3.05, 3.63) is 60.2 Å². The molecule has 16 heavy (non-hydrogen) atoms. The molecule has 2 rings (SSSR count). The third kappa shape index (κ3) is 2.64. The second-order valence-corrected chi connectivity index (χ2v) is 3.89. The van der Waals surface area contributed by atoms with Crippen molar-refractivity contribution in [1.29, 1.82) is 0 Å². The molecule has 0 atom stereocenters. The van der Waals surface area contributed by atoms with E-state index in [4.69, 9.17) is 0 Å². The monoisotopic (exact) mass is 229 g/mol. The van der Waals surface area contributed by atoms with Gasteiger partial charge in [0.2, 0.25) is 0 Å². The Morgan fingerprint density at radius 3 is 2.44 bits per heavy atom. The summed E-state index contributed by atoms with van der Waals surface area (Å²) in [4.78, 5) is 12.6. The highest BCUT2D eigenvalue weighted by atomic mass is 32.1. The number of carbonyl (C=O) groups is 1. The van der Waals surface area contributed by atoms with Gasteiger partial charge in [0.15, 0.2) is 0 Å². The number of hydrogen-bond donors (Lipinski definition) is 2. The van der Waals surface area contributed by atoms with Gasteiger partial charge in [0.05, 0.1) is 0 Å². The quantitative estimate of drug-likeness (QED) is 0.761. The summed E-state index contributed by atoms with van der Waals surface area (Å²) in [5, 5.41) is 2.81. The Morgan fingerprint density at radius 2 is 1.75 bits per heavy atom. The third-order valence-corrected chi connectivity index (χ3v) is 2.42. The molecule has 0 saturated heterocycles. The summed E-state index contributed by atoms with van der Waals surface area (Å²) in [6.45, 7) is 0. The van der Waals surface area contributed by atoms with Crippen LogP contribution in [0.25, 0.3) is 0 Å². The van der Waals surface area contributed by atoms with Gasteiger partial charge < -0.3 is 5.32 Å². The normalized spacial score (nSPS) is 9.81. The van der Waals surface area contributed by atoms with Crippen LogP contribution in [0.15, 0.2) is 59.5 Å². The lowest BCUT2D eigenvalue weighted by Gasteiger charge is -2.05. The summed E-state index contributed by atoms with van der Waals surface area (Å²) < 4.78 is 0. The standard InChI is InChI=1S/C13H11NOS/c15-13(10-5-2-1-3-6-10)14-11-7-4-8-12(16)9-11/h1-9,16H,(H,14,15). The summed E-state index contributed by atoms with van der Waals surface area (Å²) in [6, 6.07) is 16.5. The largest absolute Gasteiger partial charge is 0.322 e. The van der Waals surface area contributed by atoms with Crippen LogP contribution in [0.2, 0.25) is 0 Å². The molecule has 0 aliphatic rings. The Kier molecular flexibility index (Phi) is 3.27. The SMILES string of the molecule is O=C(Nc1cccc(S)c1)c1ccccc1. The number of amides is 1. The van der Waals surface area contributed by atoms with Crippen LogP contribution in [0.1, 0.15) is 10.4 Å². The molecule has 1 N–H and O–H groups in total. The Hall–Kier alpha value is -1.74. The van der Waals surface area contributed by atoms with Crippen molar-refractivity contribution in [3.63, 3.8) is 0 Å². The van der Waals surface area contributed by atoms with Crippen LogP contribution in [0.3, 0.4) is 0 Å². The van der Waals surface area contributed by atoms with E-state index >= 15 is 0 Å². The van der Waals surface area contributed by atoms with E-state index in [1.807, 2.05) is 42.5 Å². The summed E-state index contributed by atoms with van der Waals surface area (Å²) >= 11 is 4.21. The van der Waals surface area contributed by atoms with Gasteiger partial charge in [-0.3, -0.25) is 4.79 Å². The van der Waals surface area contributed by atoms with Crippen LogP contribution < -0.4 is 5.32 Å². The minimum atomic E-state index is -0.112. The van der Waals surface area contributed by atoms with Crippen molar-refractivity contribution in [3.8, 4) is 0 Å². The maximum absolute atomic E-state index is 11.8. The Morgan fingerprint density at radius 1 is 1.00 bits per heavy atom. The van der Waals surface area contributed by atoms with Crippen molar-refractivity contribution < 1.29 is 4.79 Å². The van der Waals surface area contributed by atoms with Gasteiger partial charge in [0.25, 0.3) is 5.91 Å². The molecule has 0 heterocycles. The van der Waals surface area contributed by atoms with Crippen LogP contribution >= 0.6 is 12.6 Å². The van der Waals surface area contributed by atoms with Crippen LogP contribution in [0.4, 0.5) is 5.69 Å². The molecule has 3 heteroatoms. The lowest BCUT2D eigenvalue weighted by atomic mass is 10.2. The van der Waals surface area contributed by atoms with E-state index in [0.29, 0.717) is 5.56 Å². The smallest absolute Gasteiger partial charge is 0.255 e. The molecule has 0 saturated carbocycles. The molecule has 0 radical (unpaired) electrons. The van der Waals surface area contributed by atoms with Gasteiger partial charge in [-0.05, 0) is 30.3 Å². The average molecular weight is 229 g/mol. The minimum Gasteiger partial charge on any atom is -0.322 e. The van der Waals surface area contributed by atoms with Gasteiger partial charge in [-0.15, -0.1) is 12.6 Å². The predicted molar refractivity (Wildman–Crippen MR) is 68.1 cm³/mol. The molecular formula is C13H11NOS. The number of carbonyl (C=O) groups excluding carboxylic acids is 1. The van der Waals surface area contributed by atoms with Crippen molar-refractivity contribution in [2.75, 3.05) is 5.32 Å². The zero-order valence-corrected chi connectivity index (χ0v) is 9.45. The van der Waals surface area contributed by atoms with Crippen LogP contribution in [0.5, 0.6) is 0 Å². The number of anilines is 1. The van der Waals surface area contributed by atoms with Crippen molar-refractivity contribution in [2.24, 2.45) is 0 Å². The minimum absolute atomic E-state index is 0.112. The van der Waals surface area contributed by atoms with Crippen molar-refractivity contribution in [1.82, 2.24) is 0 Å². The number of benzene rings is 2. The number of hydrogen-bond acceptors (Lipinski definition) is 2. The second-order valence-electron chi connectivity index (χ2n) is 3.37. The molecule has 2 aromatic rings. The van der Waals surface area contributed by atoms with E-state index in [0.717, 1.165) is 10.6 Å². The van der Waals surface area contributed by atoms with E-state index in [2.05, 4.69) is 17.9 Å². The zero-order chi connectivity index (χ0) is 11.4. The highest BCUT2D eigenvalue weighted by molar-refractivity contribution is 7.80. The first-order chi connectivity index (χ1) is 7.75. The average Bonchev–Trinajstić information content (AvgIpc) is 2.30. The highest BCUT2D eigenvalue weighted by Gasteiger charge is 2.04. The molecule has 2 aromatic carbocycles. The second kappa shape index (κ2) is 4.86. The molecule has 0 aliphatic carbocycles. The van der Waals surface area contributed by atoms with Gasteiger partial charge in [0, 0.05) is 16.1 Å². The lowest BCUT2D eigenvalue weighted by molar-refractivity contribution is 0.102. The molecule has 0 aliphatic heterocycles. The fraction of sp³-hybridized carbons (Fsp3) is 0. The Balaban J connectivity index is 2.14.